The van der Waals surface area contributed by atoms with E-state index in [0.29, 0.717) is 17.6 Å². The molecule has 0 N–H and O–H groups in total. The summed E-state index contributed by atoms with van der Waals surface area (Å²) in [7, 11) is 0. The van der Waals surface area contributed by atoms with Crippen LogP contribution in [0.3, 0.4) is 0 Å². The number of hydrogen-bond acceptors (Lipinski definition) is 3. The Labute approximate surface area is 76.1 Å². The molecule has 1 unspecified atom stereocenters. The Kier molecular flexibility index (Phi) is 1.46. The van der Waals surface area contributed by atoms with Gasteiger partial charge >= 0.3 is 5.97 Å². The molecule has 0 radical (unpaired) electrons. The summed E-state index contributed by atoms with van der Waals surface area (Å²) in [6, 6.07) is 0. The van der Waals surface area contributed by atoms with Crippen molar-refractivity contribution in [3.8, 4) is 0 Å². The predicted octanol–water partition coefficient (Wildman–Crippen LogP) is 1.00. The van der Waals surface area contributed by atoms with Gasteiger partial charge in [0, 0.05) is 0 Å². The van der Waals surface area contributed by atoms with Crippen LogP contribution in [0.5, 0.6) is 0 Å². The lowest BCUT2D eigenvalue weighted by Gasteiger charge is -2.16. The molecule has 0 aromatic heterocycles. The fraction of sp³-hybridized carbons (Fsp3) is 0.400. The van der Waals surface area contributed by atoms with E-state index in [9.17, 15) is 9.59 Å². The Bertz CT molecular complexity index is 333. The molecule has 68 valence electrons. The van der Waals surface area contributed by atoms with E-state index in [2.05, 4.69) is 6.58 Å². The van der Waals surface area contributed by atoms with Gasteiger partial charge in [0.1, 0.15) is 6.61 Å². The predicted molar refractivity (Wildman–Crippen MR) is 45.9 cm³/mol. The van der Waals surface area contributed by atoms with Gasteiger partial charge in [-0.05, 0) is 24.5 Å². The zero-order valence-corrected chi connectivity index (χ0v) is 7.42. The van der Waals surface area contributed by atoms with Crippen LogP contribution in [0.15, 0.2) is 23.8 Å². The minimum absolute atomic E-state index is 0.139. The Morgan fingerprint density at radius 3 is 2.62 bits per heavy atom. The van der Waals surface area contributed by atoms with E-state index < -0.39 is 11.4 Å². The number of esters is 1. The monoisotopic (exact) mass is 178 g/mol. The quantitative estimate of drug-likeness (QED) is 0.316. The first-order chi connectivity index (χ1) is 6.09. The fourth-order valence-corrected chi connectivity index (χ4v) is 1.85. The van der Waals surface area contributed by atoms with E-state index in [0.717, 1.165) is 0 Å². The molecule has 2 aliphatic rings. The van der Waals surface area contributed by atoms with Crippen molar-refractivity contribution in [3.05, 3.63) is 23.8 Å². The minimum atomic E-state index is -1.05. The third-order valence-corrected chi connectivity index (χ3v) is 2.79. The third kappa shape index (κ3) is 0.789. The molecule has 0 aromatic carbocycles. The smallest absolute Gasteiger partial charge is 0.324 e. The highest BCUT2D eigenvalue weighted by Crippen LogP contribution is 2.44. The largest absolute Gasteiger partial charge is 0.460 e. The first-order valence-corrected chi connectivity index (χ1v) is 4.16. The molecule has 1 fully saturated rings. The zero-order chi connectivity index (χ0) is 9.64. The molecule has 1 atom stereocenters. The second-order valence-electron chi connectivity index (χ2n) is 3.51. The van der Waals surface area contributed by atoms with Crippen LogP contribution in [-0.2, 0) is 14.3 Å². The molecule has 0 saturated carbocycles. The summed E-state index contributed by atoms with van der Waals surface area (Å²) in [5.74, 6) is -0.574. The van der Waals surface area contributed by atoms with Gasteiger partial charge in [0.2, 0.25) is 0 Å². The zero-order valence-electron chi connectivity index (χ0n) is 7.42. The average molecular weight is 178 g/mol. The SMILES string of the molecule is C=C1COC(=O)C12CC=C(C)C2=O. The lowest BCUT2D eigenvalue weighted by Crippen LogP contribution is -2.33. The molecule has 1 aliphatic carbocycles. The Morgan fingerprint density at radius 2 is 2.23 bits per heavy atom. The first kappa shape index (κ1) is 8.23. The summed E-state index contributed by atoms with van der Waals surface area (Å²) in [4.78, 5) is 23.1. The van der Waals surface area contributed by atoms with Gasteiger partial charge in [-0.2, -0.15) is 0 Å². The van der Waals surface area contributed by atoms with Gasteiger partial charge in [0.15, 0.2) is 11.2 Å². The highest BCUT2D eigenvalue weighted by Gasteiger charge is 2.55. The molecule has 2 rings (SSSR count). The van der Waals surface area contributed by atoms with Gasteiger partial charge in [-0.25, -0.2) is 0 Å². The molecule has 1 heterocycles. The van der Waals surface area contributed by atoms with Gasteiger partial charge in [-0.1, -0.05) is 12.7 Å². The lowest BCUT2D eigenvalue weighted by atomic mass is 9.79. The number of carbonyl (C=O) groups is 2. The lowest BCUT2D eigenvalue weighted by molar-refractivity contribution is -0.148. The third-order valence-electron chi connectivity index (χ3n) is 2.79. The van der Waals surface area contributed by atoms with Crippen molar-refractivity contribution in [2.24, 2.45) is 5.41 Å². The van der Waals surface area contributed by atoms with Gasteiger partial charge in [-0.3, -0.25) is 9.59 Å². The van der Waals surface area contributed by atoms with Crippen LogP contribution in [0.2, 0.25) is 0 Å². The van der Waals surface area contributed by atoms with Crippen molar-refractivity contribution in [1.82, 2.24) is 0 Å². The van der Waals surface area contributed by atoms with Crippen LogP contribution in [0, 0.1) is 5.41 Å². The van der Waals surface area contributed by atoms with E-state index in [1.807, 2.05) is 0 Å². The second kappa shape index (κ2) is 2.31. The molecule has 0 amide bonds. The fourth-order valence-electron chi connectivity index (χ4n) is 1.85. The van der Waals surface area contributed by atoms with Crippen molar-refractivity contribution < 1.29 is 14.3 Å². The molecule has 1 saturated heterocycles. The van der Waals surface area contributed by atoms with Crippen molar-refractivity contribution in [2.45, 2.75) is 13.3 Å². The van der Waals surface area contributed by atoms with Gasteiger partial charge in [0.25, 0.3) is 0 Å². The summed E-state index contributed by atoms with van der Waals surface area (Å²) in [6.07, 6.45) is 2.20. The van der Waals surface area contributed by atoms with Crippen LogP contribution in [0.25, 0.3) is 0 Å². The normalized spacial score (nSPS) is 32.7. The highest BCUT2D eigenvalue weighted by atomic mass is 16.5. The molecule has 0 bridgehead atoms. The number of rotatable bonds is 0. The molecule has 3 heteroatoms. The van der Waals surface area contributed by atoms with E-state index >= 15 is 0 Å². The maximum Gasteiger partial charge on any atom is 0.324 e. The minimum Gasteiger partial charge on any atom is -0.460 e. The van der Waals surface area contributed by atoms with E-state index in [-0.39, 0.29) is 12.4 Å². The molecule has 13 heavy (non-hydrogen) atoms. The van der Waals surface area contributed by atoms with Gasteiger partial charge in [0.05, 0.1) is 0 Å². The van der Waals surface area contributed by atoms with Crippen molar-refractivity contribution in [2.75, 3.05) is 6.61 Å². The molecular weight excluding hydrogens is 168 g/mol. The van der Waals surface area contributed by atoms with Crippen LogP contribution in [0.1, 0.15) is 13.3 Å². The maximum atomic E-state index is 11.7. The van der Waals surface area contributed by atoms with Crippen molar-refractivity contribution >= 4 is 11.8 Å². The topological polar surface area (TPSA) is 43.4 Å². The van der Waals surface area contributed by atoms with Crippen LogP contribution in [-0.4, -0.2) is 18.4 Å². The number of cyclic esters (lactones) is 1. The number of carbonyl (C=O) groups excluding carboxylic acids is 2. The van der Waals surface area contributed by atoms with Crippen LogP contribution >= 0.6 is 0 Å². The Hall–Kier alpha value is -1.38. The summed E-state index contributed by atoms with van der Waals surface area (Å²) in [5.41, 5.74) is 0.181. The van der Waals surface area contributed by atoms with Crippen molar-refractivity contribution in [1.29, 1.82) is 0 Å². The number of allylic oxidation sites excluding steroid dienone is 2. The van der Waals surface area contributed by atoms with Crippen molar-refractivity contribution in [3.63, 3.8) is 0 Å². The van der Waals surface area contributed by atoms with Gasteiger partial charge < -0.3 is 4.74 Å². The maximum absolute atomic E-state index is 11.7. The number of hydrogen-bond donors (Lipinski definition) is 0. The molecule has 1 spiro atoms. The summed E-state index contributed by atoms with van der Waals surface area (Å²) in [6.45, 7) is 5.63. The Morgan fingerprint density at radius 1 is 1.54 bits per heavy atom. The second-order valence-corrected chi connectivity index (χ2v) is 3.51. The summed E-state index contributed by atoms with van der Waals surface area (Å²) < 4.78 is 4.83. The summed E-state index contributed by atoms with van der Waals surface area (Å²) in [5, 5.41) is 0. The number of ketones is 1. The number of ether oxygens (including phenoxy) is 1. The first-order valence-electron chi connectivity index (χ1n) is 4.16. The molecule has 3 nitrogen and oxygen atoms in total. The van der Waals surface area contributed by atoms with Gasteiger partial charge in [-0.15, -0.1) is 0 Å². The summed E-state index contributed by atoms with van der Waals surface area (Å²) >= 11 is 0. The standard InChI is InChI=1S/C10H10O3/c1-6-3-4-10(8(6)11)7(2)5-13-9(10)12/h3H,2,4-5H2,1H3. The van der Waals surface area contributed by atoms with E-state index in [4.69, 9.17) is 4.74 Å². The molecular formula is C10H10O3. The van der Waals surface area contributed by atoms with Crippen LogP contribution in [0.4, 0.5) is 0 Å². The van der Waals surface area contributed by atoms with E-state index in [1.165, 1.54) is 0 Å². The number of Topliss-reactive ketones (excluding diaryl/α,β-unsaturated/α-hetero) is 1. The molecule has 0 aromatic rings. The van der Waals surface area contributed by atoms with Crippen LogP contribution < -0.4 is 0 Å². The van der Waals surface area contributed by atoms with E-state index in [1.54, 1.807) is 13.0 Å². The molecule has 1 aliphatic heterocycles. The highest BCUT2D eigenvalue weighted by molar-refractivity contribution is 6.17. The Balaban J connectivity index is 2.48. The average Bonchev–Trinajstić information content (AvgIpc) is 2.54.